The number of fused-ring (bicyclic) bond motifs is 2. The third kappa shape index (κ3) is 2.23. The second-order valence-electron chi connectivity index (χ2n) is 7.33. The molecule has 0 amide bonds. The molecule has 4 atom stereocenters. The second kappa shape index (κ2) is 5.47. The molecule has 2 aliphatic heterocycles. The summed E-state index contributed by atoms with van der Waals surface area (Å²) in [5, 5.41) is 0. The van der Waals surface area contributed by atoms with Gasteiger partial charge in [0.25, 0.3) is 0 Å². The highest BCUT2D eigenvalue weighted by molar-refractivity contribution is 5.50. The van der Waals surface area contributed by atoms with E-state index in [0.717, 1.165) is 31.4 Å². The zero-order chi connectivity index (χ0) is 15.3. The maximum atomic E-state index is 6.45. The van der Waals surface area contributed by atoms with Crippen LogP contribution in [0.3, 0.4) is 0 Å². The molecule has 1 aromatic rings. The molecule has 2 aliphatic carbocycles. The van der Waals surface area contributed by atoms with E-state index in [1.54, 1.807) is 0 Å². The van der Waals surface area contributed by atoms with Crippen molar-refractivity contribution in [3.63, 3.8) is 0 Å². The van der Waals surface area contributed by atoms with E-state index in [4.69, 9.17) is 14.2 Å². The van der Waals surface area contributed by atoms with Crippen LogP contribution in [0, 0.1) is 0 Å². The smallest absolute Gasteiger partial charge is 0.304 e. The molecule has 0 N–H and O–H groups in total. The summed E-state index contributed by atoms with van der Waals surface area (Å²) in [5.74, 6) is 0. The Balaban J connectivity index is 1.53. The van der Waals surface area contributed by atoms with Gasteiger partial charge < -0.3 is 14.2 Å². The van der Waals surface area contributed by atoms with E-state index in [9.17, 15) is 0 Å². The number of para-hydroxylation sites is 1. The first kappa shape index (κ1) is 14.3. The Morgan fingerprint density at radius 2 is 1.30 bits per heavy atom. The summed E-state index contributed by atoms with van der Waals surface area (Å²) in [4.78, 5) is 2.30. The normalized spacial score (nSPS) is 42.7. The van der Waals surface area contributed by atoms with E-state index in [2.05, 4.69) is 35.2 Å². The zero-order valence-corrected chi connectivity index (χ0v) is 13.5. The van der Waals surface area contributed by atoms with Gasteiger partial charge in [-0.2, -0.15) is 0 Å². The summed E-state index contributed by atoms with van der Waals surface area (Å²) < 4.78 is 19.4. The van der Waals surface area contributed by atoms with E-state index in [1.165, 1.54) is 25.7 Å². The Morgan fingerprint density at radius 3 is 2.00 bits per heavy atom. The Kier molecular flexibility index (Phi) is 3.39. The first-order chi connectivity index (χ1) is 11.4. The summed E-state index contributed by atoms with van der Waals surface area (Å²) in [6, 6.07) is 10.9. The van der Waals surface area contributed by atoms with E-state index >= 15 is 0 Å². The number of anilines is 1. The quantitative estimate of drug-likeness (QED) is 0.788. The van der Waals surface area contributed by atoms with Crippen LogP contribution in [0.25, 0.3) is 0 Å². The minimum Gasteiger partial charge on any atom is -0.304 e. The lowest BCUT2D eigenvalue weighted by molar-refractivity contribution is -0.328. The van der Waals surface area contributed by atoms with Crippen molar-refractivity contribution >= 4 is 5.69 Å². The van der Waals surface area contributed by atoms with Crippen molar-refractivity contribution in [1.29, 1.82) is 0 Å². The van der Waals surface area contributed by atoms with Crippen LogP contribution in [0.4, 0.5) is 5.69 Å². The fourth-order valence-corrected chi connectivity index (χ4v) is 4.81. The molecule has 0 bridgehead atoms. The molecule has 0 aromatic heterocycles. The molecule has 0 radical (unpaired) electrons. The van der Waals surface area contributed by atoms with E-state index < -0.39 is 6.10 Å². The predicted octanol–water partition coefficient (Wildman–Crippen LogP) is 3.80. The third-order valence-electron chi connectivity index (χ3n) is 5.87. The summed E-state index contributed by atoms with van der Waals surface area (Å²) >= 11 is 0. The first-order valence-corrected chi connectivity index (χ1v) is 9.24. The summed E-state index contributed by atoms with van der Waals surface area (Å²) in [6.07, 6.45) is 9.04. The summed E-state index contributed by atoms with van der Waals surface area (Å²) in [7, 11) is 0. The molecule has 124 valence electrons. The van der Waals surface area contributed by atoms with Crippen LogP contribution in [0.2, 0.25) is 0 Å². The average molecular weight is 315 g/mol. The van der Waals surface area contributed by atoms with Crippen molar-refractivity contribution in [2.75, 3.05) is 4.90 Å². The molecule has 2 heterocycles. The largest absolute Gasteiger partial charge is 0.378 e. The van der Waals surface area contributed by atoms with Gasteiger partial charge in [0.2, 0.25) is 0 Å². The van der Waals surface area contributed by atoms with Crippen LogP contribution in [0.5, 0.6) is 0 Å². The van der Waals surface area contributed by atoms with Crippen LogP contribution in [-0.4, -0.2) is 30.5 Å². The lowest BCUT2D eigenvalue weighted by atomic mass is 9.92. The van der Waals surface area contributed by atoms with Crippen molar-refractivity contribution in [1.82, 2.24) is 0 Å². The number of rotatable bonds is 1. The standard InChI is InChI=1S/C19H25NO3/c1-2-8-14(9-3-1)20-15-10-4-5-11-16(15)21-19(20)22-17-12-6-7-13-18(17)23-19/h1-3,8-9,15-18H,4-7,10-13H2. The Hall–Kier alpha value is -1.10. The van der Waals surface area contributed by atoms with Gasteiger partial charge in [-0.3, -0.25) is 4.90 Å². The van der Waals surface area contributed by atoms with Crippen LogP contribution in [0.1, 0.15) is 51.4 Å². The van der Waals surface area contributed by atoms with Crippen LogP contribution in [0.15, 0.2) is 30.3 Å². The van der Waals surface area contributed by atoms with E-state index in [1.807, 2.05) is 0 Å². The lowest BCUT2D eigenvalue weighted by Crippen LogP contribution is -2.50. The molecule has 4 aliphatic rings. The topological polar surface area (TPSA) is 30.9 Å². The number of hydrogen-bond acceptors (Lipinski definition) is 4. The zero-order valence-electron chi connectivity index (χ0n) is 13.5. The van der Waals surface area contributed by atoms with Gasteiger partial charge in [-0.1, -0.05) is 43.9 Å². The van der Waals surface area contributed by atoms with Crippen molar-refractivity contribution in [3.8, 4) is 0 Å². The monoisotopic (exact) mass is 315 g/mol. The number of ether oxygens (including phenoxy) is 3. The summed E-state index contributed by atoms with van der Waals surface area (Å²) in [6.45, 7) is 0. The maximum Gasteiger partial charge on any atom is 0.378 e. The van der Waals surface area contributed by atoms with E-state index in [0.29, 0.717) is 6.04 Å². The van der Waals surface area contributed by atoms with Gasteiger partial charge in [-0.25, -0.2) is 0 Å². The molecule has 2 saturated heterocycles. The van der Waals surface area contributed by atoms with Crippen molar-refractivity contribution in [2.24, 2.45) is 0 Å². The molecule has 4 fully saturated rings. The second-order valence-corrected chi connectivity index (χ2v) is 7.33. The third-order valence-corrected chi connectivity index (χ3v) is 5.87. The average Bonchev–Trinajstić information content (AvgIpc) is 3.11. The van der Waals surface area contributed by atoms with Gasteiger partial charge >= 0.3 is 6.10 Å². The highest BCUT2D eigenvalue weighted by atomic mass is 16.9. The lowest BCUT2D eigenvalue weighted by Gasteiger charge is -2.36. The molecule has 1 spiro atoms. The van der Waals surface area contributed by atoms with Gasteiger partial charge in [-0.05, 0) is 37.8 Å². The Labute approximate surface area is 137 Å². The Morgan fingerprint density at radius 1 is 0.739 bits per heavy atom. The van der Waals surface area contributed by atoms with Crippen molar-refractivity contribution in [3.05, 3.63) is 30.3 Å². The molecule has 4 unspecified atom stereocenters. The number of hydrogen-bond donors (Lipinski definition) is 0. The van der Waals surface area contributed by atoms with Crippen LogP contribution in [-0.2, 0) is 14.2 Å². The van der Waals surface area contributed by atoms with Crippen LogP contribution >= 0.6 is 0 Å². The van der Waals surface area contributed by atoms with Crippen molar-refractivity contribution in [2.45, 2.75) is 81.8 Å². The maximum absolute atomic E-state index is 6.45. The molecule has 4 heteroatoms. The predicted molar refractivity (Wildman–Crippen MR) is 87.0 cm³/mol. The molecular weight excluding hydrogens is 290 g/mol. The molecule has 4 nitrogen and oxygen atoms in total. The molecule has 2 saturated carbocycles. The Bertz CT molecular complexity index is 543. The fourth-order valence-electron chi connectivity index (χ4n) is 4.81. The molecule has 5 rings (SSSR count). The molecular formula is C19H25NO3. The van der Waals surface area contributed by atoms with Crippen molar-refractivity contribution < 1.29 is 14.2 Å². The van der Waals surface area contributed by atoms with Gasteiger partial charge in [0.15, 0.2) is 0 Å². The minimum atomic E-state index is -0.985. The fraction of sp³-hybridized carbons (Fsp3) is 0.684. The highest BCUT2D eigenvalue weighted by Crippen LogP contribution is 2.49. The number of benzene rings is 1. The van der Waals surface area contributed by atoms with Gasteiger partial charge in [0, 0.05) is 5.69 Å². The van der Waals surface area contributed by atoms with Gasteiger partial charge in [0.1, 0.15) is 0 Å². The van der Waals surface area contributed by atoms with E-state index in [-0.39, 0.29) is 18.3 Å². The SMILES string of the molecule is c1ccc(N2C3CCCCC3OC23OC2CCCCC2O3)cc1. The summed E-state index contributed by atoms with van der Waals surface area (Å²) in [5.41, 5.74) is 1.15. The first-order valence-electron chi connectivity index (χ1n) is 9.24. The van der Waals surface area contributed by atoms with Crippen LogP contribution < -0.4 is 4.90 Å². The van der Waals surface area contributed by atoms with Gasteiger partial charge in [-0.15, -0.1) is 0 Å². The number of nitrogens with zero attached hydrogens (tertiary/aromatic N) is 1. The molecule has 23 heavy (non-hydrogen) atoms. The highest BCUT2D eigenvalue weighted by Gasteiger charge is 2.62. The van der Waals surface area contributed by atoms with Gasteiger partial charge in [0.05, 0.1) is 24.4 Å². The molecule has 1 aromatic carbocycles. The minimum absolute atomic E-state index is 0.190.